The Bertz CT molecular complexity index is 144. The first-order valence-electron chi connectivity index (χ1n) is 4.63. The van der Waals surface area contributed by atoms with Gasteiger partial charge >= 0.3 is 0 Å². The Hall–Kier alpha value is 0. The molecule has 10 heavy (non-hydrogen) atoms. The van der Waals surface area contributed by atoms with Crippen LogP contribution < -0.4 is 0 Å². The van der Waals surface area contributed by atoms with E-state index in [4.69, 9.17) is 0 Å². The lowest BCUT2D eigenvalue weighted by atomic mass is 9.60. The predicted molar refractivity (Wildman–Crippen MR) is 43.8 cm³/mol. The molecule has 0 aromatic heterocycles. The van der Waals surface area contributed by atoms with Gasteiger partial charge in [-0.3, -0.25) is 0 Å². The van der Waals surface area contributed by atoms with Gasteiger partial charge in [-0.2, -0.15) is 0 Å². The van der Waals surface area contributed by atoms with E-state index in [-0.39, 0.29) is 0 Å². The van der Waals surface area contributed by atoms with Gasteiger partial charge in [-0.25, -0.2) is 0 Å². The van der Waals surface area contributed by atoms with E-state index >= 15 is 0 Å². The number of rotatable bonds is 1. The van der Waals surface area contributed by atoms with Crippen LogP contribution in [0.15, 0.2) is 0 Å². The summed E-state index contributed by atoms with van der Waals surface area (Å²) in [5, 5.41) is 0. The quantitative estimate of drug-likeness (QED) is 0.522. The van der Waals surface area contributed by atoms with Crippen molar-refractivity contribution in [2.75, 3.05) is 0 Å². The maximum atomic E-state index is 2.47. The molecule has 0 amide bonds. The molecule has 0 N–H and O–H groups in total. The highest BCUT2D eigenvalue weighted by Gasteiger charge is 2.52. The molecule has 0 nitrogen and oxygen atoms in total. The van der Waals surface area contributed by atoms with Crippen LogP contribution in [-0.4, -0.2) is 0 Å². The third-order valence-electron chi connectivity index (χ3n) is 4.09. The lowest BCUT2D eigenvalue weighted by Gasteiger charge is -2.45. The monoisotopic (exact) mass is 138 g/mol. The van der Waals surface area contributed by atoms with Gasteiger partial charge in [0, 0.05) is 0 Å². The maximum Gasteiger partial charge on any atom is -0.0294 e. The largest absolute Gasteiger partial charge is 0.0622 e. The summed E-state index contributed by atoms with van der Waals surface area (Å²) in [7, 11) is 0. The first-order valence-corrected chi connectivity index (χ1v) is 4.63. The Balaban J connectivity index is 1.97. The van der Waals surface area contributed by atoms with Crippen LogP contribution >= 0.6 is 0 Å². The van der Waals surface area contributed by atoms with E-state index < -0.39 is 0 Å². The molecule has 0 heterocycles. The third kappa shape index (κ3) is 0.741. The average molecular weight is 138 g/mol. The molecule has 0 aliphatic heterocycles. The van der Waals surface area contributed by atoms with Crippen LogP contribution in [0.3, 0.4) is 0 Å². The summed E-state index contributed by atoms with van der Waals surface area (Å²) in [5.74, 6) is 3.12. The van der Waals surface area contributed by atoms with Gasteiger partial charge in [-0.05, 0) is 42.4 Å². The summed E-state index contributed by atoms with van der Waals surface area (Å²) in [4.78, 5) is 0. The lowest BCUT2D eigenvalue weighted by molar-refractivity contribution is 0.0431. The molecule has 2 rings (SSSR count). The van der Waals surface area contributed by atoms with E-state index in [1.54, 1.807) is 0 Å². The second kappa shape index (κ2) is 1.78. The van der Waals surface area contributed by atoms with Crippen LogP contribution in [0.2, 0.25) is 0 Å². The zero-order valence-electron chi connectivity index (χ0n) is 7.35. The predicted octanol–water partition coefficient (Wildman–Crippen LogP) is 3.08. The Labute approximate surface area is 64.0 Å². The van der Waals surface area contributed by atoms with Gasteiger partial charge in [0.25, 0.3) is 0 Å². The SMILES string of the molecule is CC1CC(C2(C)CC2)C1C. The van der Waals surface area contributed by atoms with Gasteiger partial charge in [0.1, 0.15) is 0 Å². The van der Waals surface area contributed by atoms with E-state index in [1.807, 2.05) is 0 Å². The molecule has 2 aliphatic carbocycles. The summed E-state index contributed by atoms with van der Waals surface area (Å²) < 4.78 is 0. The van der Waals surface area contributed by atoms with Crippen molar-refractivity contribution in [3.8, 4) is 0 Å². The number of hydrogen-bond acceptors (Lipinski definition) is 0. The molecule has 0 aromatic rings. The fourth-order valence-electron chi connectivity index (χ4n) is 2.52. The molecule has 0 radical (unpaired) electrons. The van der Waals surface area contributed by atoms with Crippen molar-refractivity contribution >= 4 is 0 Å². The van der Waals surface area contributed by atoms with Crippen LogP contribution in [0.5, 0.6) is 0 Å². The van der Waals surface area contributed by atoms with E-state index in [0.717, 1.165) is 23.2 Å². The Kier molecular flexibility index (Phi) is 1.19. The molecule has 3 unspecified atom stereocenters. The van der Waals surface area contributed by atoms with Crippen molar-refractivity contribution < 1.29 is 0 Å². The van der Waals surface area contributed by atoms with Gasteiger partial charge in [0.15, 0.2) is 0 Å². The Morgan fingerprint density at radius 1 is 1.20 bits per heavy atom. The van der Waals surface area contributed by atoms with Crippen molar-refractivity contribution in [3.05, 3.63) is 0 Å². The molecule has 0 aromatic carbocycles. The molecule has 0 saturated heterocycles. The number of hydrogen-bond donors (Lipinski definition) is 0. The van der Waals surface area contributed by atoms with Crippen LogP contribution in [-0.2, 0) is 0 Å². The Morgan fingerprint density at radius 2 is 1.80 bits per heavy atom. The minimum Gasteiger partial charge on any atom is -0.0622 e. The Morgan fingerprint density at radius 3 is 2.10 bits per heavy atom. The van der Waals surface area contributed by atoms with Gasteiger partial charge in [-0.15, -0.1) is 0 Å². The summed E-state index contributed by atoms with van der Waals surface area (Å²) >= 11 is 0. The van der Waals surface area contributed by atoms with Crippen molar-refractivity contribution in [2.24, 2.45) is 23.2 Å². The molecular weight excluding hydrogens is 120 g/mol. The summed E-state index contributed by atoms with van der Waals surface area (Å²) in [5.41, 5.74) is 0.798. The highest BCUT2D eigenvalue weighted by molar-refractivity contribution is 5.02. The summed E-state index contributed by atoms with van der Waals surface area (Å²) in [6, 6.07) is 0. The van der Waals surface area contributed by atoms with Gasteiger partial charge in [-0.1, -0.05) is 20.8 Å². The van der Waals surface area contributed by atoms with E-state index in [2.05, 4.69) is 20.8 Å². The first kappa shape index (κ1) is 6.69. The van der Waals surface area contributed by atoms with Gasteiger partial charge in [0.05, 0.1) is 0 Å². The fourth-order valence-corrected chi connectivity index (χ4v) is 2.52. The van der Waals surface area contributed by atoms with Crippen LogP contribution in [0.25, 0.3) is 0 Å². The molecule has 2 aliphatic rings. The third-order valence-corrected chi connectivity index (χ3v) is 4.09. The molecule has 2 saturated carbocycles. The molecule has 0 bridgehead atoms. The van der Waals surface area contributed by atoms with E-state index in [1.165, 1.54) is 19.3 Å². The standard InChI is InChI=1S/C10H18/c1-7-6-9(8(7)2)10(3)4-5-10/h7-9H,4-6H2,1-3H3. The van der Waals surface area contributed by atoms with Crippen molar-refractivity contribution in [3.63, 3.8) is 0 Å². The van der Waals surface area contributed by atoms with Crippen LogP contribution in [0.1, 0.15) is 40.0 Å². The minimum atomic E-state index is 0.798. The molecule has 2 fully saturated rings. The van der Waals surface area contributed by atoms with Gasteiger partial charge in [0.2, 0.25) is 0 Å². The second-order valence-electron chi connectivity index (χ2n) is 4.83. The minimum absolute atomic E-state index is 0.798. The zero-order chi connectivity index (χ0) is 7.35. The second-order valence-corrected chi connectivity index (χ2v) is 4.83. The normalized spacial score (nSPS) is 50.1. The zero-order valence-corrected chi connectivity index (χ0v) is 7.35. The van der Waals surface area contributed by atoms with Gasteiger partial charge < -0.3 is 0 Å². The van der Waals surface area contributed by atoms with Crippen LogP contribution in [0, 0.1) is 23.2 Å². The molecule has 58 valence electrons. The van der Waals surface area contributed by atoms with Crippen LogP contribution in [0.4, 0.5) is 0 Å². The topological polar surface area (TPSA) is 0 Å². The fraction of sp³-hybridized carbons (Fsp3) is 1.00. The van der Waals surface area contributed by atoms with Crippen molar-refractivity contribution in [1.29, 1.82) is 0 Å². The molecule has 0 spiro atoms. The maximum absolute atomic E-state index is 2.47. The molecule has 0 heteroatoms. The molecule has 3 atom stereocenters. The summed E-state index contributed by atoms with van der Waals surface area (Å²) in [6.07, 6.45) is 4.53. The average Bonchev–Trinajstić information content (AvgIpc) is 2.63. The van der Waals surface area contributed by atoms with Crippen molar-refractivity contribution in [2.45, 2.75) is 40.0 Å². The first-order chi connectivity index (χ1) is 4.63. The van der Waals surface area contributed by atoms with E-state index in [0.29, 0.717) is 0 Å². The highest BCUT2D eigenvalue weighted by Crippen LogP contribution is 2.61. The van der Waals surface area contributed by atoms with Crippen molar-refractivity contribution in [1.82, 2.24) is 0 Å². The lowest BCUT2D eigenvalue weighted by Crippen LogP contribution is -2.37. The summed E-state index contributed by atoms with van der Waals surface area (Å²) in [6.45, 7) is 7.30. The molecular formula is C10H18. The highest BCUT2D eigenvalue weighted by atomic mass is 14.6. The smallest absolute Gasteiger partial charge is 0.0294 e. The van der Waals surface area contributed by atoms with E-state index in [9.17, 15) is 0 Å².